The molecule has 16 heavy (non-hydrogen) atoms. The lowest BCUT2D eigenvalue weighted by atomic mass is 10.2. The van der Waals surface area contributed by atoms with Gasteiger partial charge >= 0.3 is 0 Å². The van der Waals surface area contributed by atoms with Gasteiger partial charge in [0, 0.05) is 13.6 Å². The fourth-order valence-corrected chi connectivity index (χ4v) is 1.88. The molecule has 1 amide bonds. The first-order chi connectivity index (χ1) is 7.49. The van der Waals surface area contributed by atoms with E-state index in [0.29, 0.717) is 0 Å². The molecule has 96 valence electrons. The molecule has 0 aromatic rings. The van der Waals surface area contributed by atoms with E-state index in [4.69, 9.17) is 5.73 Å². The van der Waals surface area contributed by atoms with Crippen LogP contribution in [-0.2, 0) is 4.79 Å². The number of carbonyl (C=O) groups is 1. The Kier molecular flexibility index (Phi) is 8.70. The minimum absolute atomic E-state index is 0.0628. The number of thioether (sulfide) groups is 1. The first kappa shape index (κ1) is 15.7. The SMILES string of the molecule is CSCC[C@H](N)C(=O)N(C)CCCN(C)C. The minimum Gasteiger partial charge on any atom is -0.344 e. The molecule has 0 aromatic carbocycles. The van der Waals surface area contributed by atoms with Crippen LogP contribution in [0.5, 0.6) is 0 Å². The molecule has 0 rings (SSSR count). The Morgan fingerprint density at radius 3 is 2.44 bits per heavy atom. The zero-order valence-electron chi connectivity index (χ0n) is 10.9. The molecule has 0 heterocycles. The molecule has 0 saturated carbocycles. The molecule has 0 aliphatic rings. The van der Waals surface area contributed by atoms with Gasteiger partial charge < -0.3 is 15.5 Å². The van der Waals surface area contributed by atoms with Crippen LogP contribution in [-0.4, -0.2) is 68.0 Å². The van der Waals surface area contributed by atoms with E-state index in [2.05, 4.69) is 4.90 Å². The highest BCUT2D eigenvalue weighted by Crippen LogP contribution is 2.02. The summed E-state index contributed by atoms with van der Waals surface area (Å²) in [5, 5.41) is 0. The first-order valence-corrected chi connectivity index (χ1v) is 7.02. The predicted octanol–water partition coefficient (Wildman–Crippen LogP) is 0.477. The lowest BCUT2D eigenvalue weighted by Crippen LogP contribution is -2.42. The molecule has 2 N–H and O–H groups in total. The van der Waals surface area contributed by atoms with Gasteiger partial charge in [-0.25, -0.2) is 0 Å². The van der Waals surface area contributed by atoms with Crippen molar-refractivity contribution in [3.63, 3.8) is 0 Å². The van der Waals surface area contributed by atoms with Gasteiger partial charge in [-0.15, -0.1) is 0 Å². The predicted molar refractivity (Wildman–Crippen MR) is 71.8 cm³/mol. The first-order valence-electron chi connectivity index (χ1n) is 5.63. The molecular weight excluding hydrogens is 222 g/mol. The number of carbonyl (C=O) groups excluding carboxylic acids is 1. The monoisotopic (exact) mass is 247 g/mol. The number of rotatable bonds is 8. The third-order valence-electron chi connectivity index (χ3n) is 2.43. The fraction of sp³-hybridized carbons (Fsp3) is 0.909. The molecule has 0 spiro atoms. The van der Waals surface area contributed by atoms with Crippen LogP contribution in [0.15, 0.2) is 0 Å². The molecule has 5 heteroatoms. The van der Waals surface area contributed by atoms with E-state index in [-0.39, 0.29) is 11.9 Å². The van der Waals surface area contributed by atoms with Gasteiger partial charge in [0.15, 0.2) is 0 Å². The number of amides is 1. The second-order valence-corrected chi connectivity index (χ2v) is 5.29. The third-order valence-corrected chi connectivity index (χ3v) is 3.07. The van der Waals surface area contributed by atoms with Crippen LogP contribution in [0.1, 0.15) is 12.8 Å². The summed E-state index contributed by atoms with van der Waals surface area (Å²) in [5.41, 5.74) is 5.82. The Bertz CT molecular complexity index is 200. The van der Waals surface area contributed by atoms with Gasteiger partial charge in [-0.1, -0.05) is 0 Å². The van der Waals surface area contributed by atoms with Gasteiger partial charge in [0.25, 0.3) is 0 Å². The molecule has 0 bridgehead atoms. The lowest BCUT2D eigenvalue weighted by Gasteiger charge is -2.22. The van der Waals surface area contributed by atoms with Crippen LogP contribution < -0.4 is 5.73 Å². The van der Waals surface area contributed by atoms with Gasteiger partial charge in [-0.2, -0.15) is 11.8 Å². The molecule has 0 aliphatic carbocycles. The van der Waals surface area contributed by atoms with E-state index in [1.807, 2.05) is 27.4 Å². The van der Waals surface area contributed by atoms with Crippen LogP contribution in [0.3, 0.4) is 0 Å². The molecule has 0 aliphatic heterocycles. The number of hydrogen-bond acceptors (Lipinski definition) is 4. The van der Waals surface area contributed by atoms with E-state index >= 15 is 0 Å². The smallest absolute Gasteiger partial charge is 0.239 e. The average molecular weight is 247 g/mol. The lowest BCUT2D eigenvalue weighted by molar-refractivity contribution is -0.131. The van der Waals surface area contributed by atoms with Gasteiger partial charge in [0.2, 0.25) is 5.91 Å². The van der Waals surface area contributed by atoms with Crippen LogP contribution in [0.4, 0.5) is 0 Å². The zero-order chi connectivity index (χ0) is 12.6. The summed E-state index contributed by atoms with van der Waals surface area (Å²) in [6.45, 7) is 1.78. The number of likely N-dealkylation sites (N-methyl/N-ethyl adjacent to an activating group) is 1. The van der Waals surface area contributed by atoms with Crippen molar-refractivity contribution in [3.05, 3.63) is 0 Å². The highest BCUT2D eigenvalue weighted by Gasteiger charge is 2.16. The summed E-state index contributed by atoms with van der Waals surface area (Å²) < 4.78 is 0. The maximum absolute atomic E-state index is 11.8. The summed E-state index contributed by atoms with van der Waals surface area (Å²) in [6, 6.07) is -0.336. The van der Waals surface area contributed by atoms with Gasteiger partial charge in [0.05, 0.1) is 6.04 Å². The van der Waals surface area contributed by atoms with Crippen molar-refractivity contribution in [2.45, 2.75) is 18.9 Å². The standard InChI is InChI=1S/C11H25N3OS/c1-13(2)7-5-8-14(3)11(15)10(12)6-9-16-4/h10H,5-9,12H2,1-4H3/t10-/m0/s1. The largest absolute Gasteiger partial charge is 0.344 e. The van der Waals surface area contributed by atoms with Gasteiger partial charge in [-0.05, 0) is 45.5 Å². The van der Waals surface area contributed by atoms with E-state index in [0.717, 1.165) is 31.7 Å². The second kappa shape index (κ2) is 8.84. The summed E-state index contributed by atoms with van der Waals surface area (Å²) in [7, 11) is 5.90. The van der Waals surface area contributed by atoms with Gasteiger partial charge in [0.1, 0.15) is 0 Å². The Labute approximate surface area is 104 Å². The molecule has 0 radical (unpaired) electrons. The van der Waals surface area contributed by atoms with Crippen molar-refractivity contribution in [2.24, 2.45) is 5.73 Å². The number of nitrogens with zero attached hydrogens (tertiary/aromatic N) is 2. The molecule has 4 nitrogen and oxygen atoms in total. The summed E-state index contributed by atoms with van der Waals surface area (Å²) in [6.07, 6.45) is 3.78. The molecular formula is C11H25N3OS. The fourth-order valence-electron chi connectivity index (χ4n) is 1.39. The number of nitrogens with two attached hydrogens (primary N) is 1. The van der Waals surface area contributed by atoms with E-state index in [9.17, 15) is 4.79 Å². The minimum atomic E-state index is -0.336. The Hall–Kier alpha value is -0.260. The van der Waals surface area contributed by atoms with E-state index < -0.39 is 0 Å². The van der Waals surface area contributed by atoms with E-state index in [1.165, 1.54) is 0 Å². The van der Waals surface area contributed by atoms with Crippen LogP contribution in [0.2, 0.25) is 0 Å². The van der Waals surface area contributed by atoms with Crippen molar-refractivity contribution in [1.82, 2.24) is 9.80 Å². The quantitative estimate of drug-likeness (QED) is 0.678. The van der Waals surface area contributed by atoms with Crippen molar-refractivity contribution in [1.29, 1.82) is 0 Å². The number of hydrogen-bond donors (Lipinski definition) is 1. The summed E-state index contributed by atoms with van der Waals surface area (Å²) >= 11 is 1.72. The average Bonchev–Trinajstić information content (AvgIpc) is 2.24. The normalized spacial score (nSPS) is 12.9. The molecule has 0 fully saturated rings. The zero-order valence-corrected chi connectivity index (χ0v) is 11.7. The van der Waals surface area contributed by atoms with Crippen molar-refractivity contribution < 1.29 is 4.79 Å². The second-order valence-electron chi connectivity index (χ2n) is 4.30. The highest BCUT2D eigenvalue weighted by molar-refractivity contribution is 7.98. The van der Waals surface area contributed by atoms with E-state index in [1.54, 1.807) is 16.7 Å². The van der Waals surface area contributed by atoms with Crippen molar-refractivity contribution in [3.8, 4) is 0 Å². The Balaban J connectivity index is 3.79. The Morgan fingerprint density at radius 2 is 1.94 bits per heavy atom. The van der Waals surface area contributed by atoms with Crippen LogP contribution in [0.25, 0.3) is 0 Å². The molecule has 0 unspecified atom stereocenters. The molecule has 1 atom stereocenters. The summed E-state index contributed by atoms with van der Waals surface area (Å²) in [5.74, 6) is 1.01. The highest BCUT2D eigenvalue weighted by atomic mass is 32.2. The van der Waals surface area contributed by atoms with Crippen molar-refractivity contribution in [2.75, 3.05) is 46.2 Å². The van der Waals surface area contributed by atoms with Gasteiger partial charge in [-0.3, -0.25) is 4.79 Å². The molecule has 0 aromatic heterocycles. The Morgan fingerprint density at radius 1 is 1.31 bits per heavy atom. The van der Waals surface area contributed by atoms with Crippen molar-refractivity contribution >= 4 is 17.7 Å². The topological polar surface area (TPSA) is 49.6 Å². The summed E-state index contributed by atoms with van der Waals surface area (Å²) in [4.78, 5) is 15.7. The maximum atomic E-state index is 11.8. The molecule has 0 saturated heterocycles. The maximum Gasteiger partial charge on any atom is 0.239 e. The third kappa shape index (κ3) is 7.09. The van der Waals surface area contributed by atoms with Crippen LogP contribution >= 0.6 is 11.8 Å². The van der Waals surface area contributed by atoms with Crippen LogP contribution in [0, 0.1) is 0 Å².